The normalized spacial score (nSPS) is 19.4. The maximum Gasteiger partial charge on any atom is 0.251 e. The Hall–Kier alpha value is -0.580. The van der Waals surface area contributed by atoms with Gasteiger partial charge < -0.3 is 10.3 Å². The number of hydrogen-bond donors (Lipinski definition) is 2. The van der Waals surface area contributed by atoms with Crippen LogP contribution in [-0.4, -0.2) is 16.5 Å². The zero-order valence-electron chi connectivity index (χ0n) is 9.16. The molecule has 0 radical (unpaired) electrons. The van der Waals surface area contributed by atoms with E-state index in [0.717, 1.165) is 18.7 Å². The molecule has 2 N–H and O–H groups in total. The first-order valence-electron chi connectivity index (χ1n) is 5.07. The summed E-state index contributed by atoms with van der Waals surface area (Å²) in [5, 5.41) is 3.37. The standard InChI is InChI=1S/C10H15N3O.2ClH/c1-7-12-9(6-10(14)13-7)8-4-2-3-5-11-8;;/h6,8,11H,2-5H2,1H3,(H,12,13,14);2*1H. The van der Waals surface area contributed by atoms with Gasteiger partial charge in [-0.05, 0) is 26.3 Å². The predicted octanol–water partition coefficient (Wildman–Crippen LogP) is 1.74. The summed E-state index contributed by atoms with van der Waals surface area (Å²) in [6, 6.07) is 1.86. The highest BCUT2D eigenvalue weighted by molar-refractivity contribution is 5.85. The summed E-state index contributed by atoms with van der Waals surface area (Å²) < 4.78 is 0. The Bertz CT molecular complexity index is 375. The average Bonchev–Trinajstić information content (AvgIpc) is 2.18. The number of nitrogens with one attached hydrogen (secondary N) is 2. The molecular weight excluding hydrogens is 249 g/mol. The third-order valence-electron chi connectivity index (χ3n) is 2.55. The van der Waals surface area contributed by atoms with Gasteiger partial charge in [-0.1, -0.05) is 6.42 Å². The van der Waals surface area contributed by atoms with Crippen LogP contribution >= 0.6 is 24.8 Å². The molecule has 1 aromatic heterocycles. The number of aromatic nitrogens is 2. The lowest BCUT2D eigenvalue weighted by molar-refractivity contribution is 0.404. The minimum atomic E-state index is -0.0557. The van der Waals surface area contributed by atoms with Crippen molar-refractivity contribution in [1.82, 2.24) is 15.3 Å². The van der Waals surface area contributed by atoms with Gasteiger partial charge in [0.15, 0.2) is 0 Å². The minimum absolute atomic E-state index is 0. The molecule has 1 aromatic rings. The lowest BCUT2D eigenvalue weighted by Gasteiger charge is -2.22. The maximum atomic E-state index is 11.2. The fourth-order valence-electron chi connectivity index (χ4n) is 1.89. The molecule has 0 saturated carbocycles. The molecule has 0 bridgehead atoms. The van der Waals surface area contributed by atoms with Crippen molar-refractivity contribution in [1.29, 1.82) is 0 Å². The highest BCUT2D eigenvalue weighted by Gasteiger charge is 2.16. The first-order valence-corrected chi connectivity index (χ1v) is 5.07. The summed E-state index contributed by atoms with van der Waals surface area (Å²) in [4.78, 5) is 18.2. The van der Waals surface area contributed by atoms with E-state index in [4.69, 9.17) is 0 Å². The number of hydrogen-bond acceptors (Lipinski definition) is 3. The number of aryl methyl sites for hydroxylation is 1. The largest absolute Gasteiger partial charge is 0.311 e. The van der Waals surface area contributed by atoms with Crippen molar-refractivity contribution >= 4 is 24.8 Å². The summed E-state index contributed by atoms with van der Waals surface area (Å²) in [6.07, 6.45) is 3.51. The first-order chi connectivity index (χ1) is 6.75. The van der Waals surface area contributed by atoms with Crippen LogP contribution in [0.2, 0.25) is 0 Å². The van der Waals surface area contributed by atoms with Crippen LogP contribution in [0, 0.1) is 6.92 Å². The van der Waals surface area contributed by atoms with Crippen LogP contribution in [-0.2, 0) is 0 Å². The Morgan fingerprint density at radius 3 is 2.69 bits per heavy atom. The molecular formula is C10H17Cl2N3O. The maximum absolute atomic E-state index is 11.2. The van der Waals surface area contributed by atoms with E-state index in [0.29, 0.717) is 5.82 Å². The molecule has 1 fully saturated rings. The van der Waals surface area contributed by atoms with Crippen LogP contribution in [0.15, 0.2) is 10.9 Å². The van der Waals surface area contributed by atoms with Gasteiger partial charge in [-0.2, -0.15) is 0 Å². The Morgan fingerprint density at radius 2 is 2.12 bits per heavy atom. The number of H-pyrrole nitrogens is 1. The lowest BCUT2D eigenvalue weighted by Crippen LogP contribution is -2.29. The third-order valence-corrected chi connectivity index (χ3v) is 2.55. The van der Waals surface area contributed by atoms with Crippen LogP contribution in [0.5, 0.6) is 0 Å². The molecule has 0 aliphatic carbocycles. The van der Waals surface area contributed by atoms with Gasteiger partial charge in [0.1, 0.15) is 5.82 Å². The molecule has 0 aromatic carbocycles. The zero-order valence-corrected chi connectivity index (χ0v) is 10.8. The van der Waals surface area contributed by atoms with E-state index in [1.807, 2.05) is 6.92 Å². The van der Waals surface area contributed by atoms with Crippen molar-refractivity contribution in [2.24, 2.45) is 0 Å². The van der Waals surface area contributed by atoms with Gasteiger partial charge in [0.2, 0.25) is 0 Å². The summed E-state index contributed by atoms with van der Waals surface area (Å²) in [6.45, 7) is 2.84. The van der Waals surface area contributed by atoms with Crippen LogP contribution in [0.4, 0.5) is 0 Å². The van der Waals surface area contributed by atoms with Gasteiger partial charge in [-0.25, -0.2) is 4.98 Å². The molecule has 16 heavy (non-hydrogen) atoms. The number of halogens is 2. The zero-order chi connectivity index (χ0) is 9.97. The molecule has 1 aliphatic heterocycles. The molecule has 1 atom stereocenters. The molecule has 0 amide bonds. The van der Waals surface area contributed by atoms with Crippen molar-refractivity contribution in [3.8, 4) is 0 Å². The predicted molar refractivity (Wildman–Crippen MR) is 68.7 cm³/mol. The van der Waals surface area contributed by atoms with Crippen molar-refractivity contribution in [3.63, 3.8) is 0 Å². The molecule has 4 nitrogen and oxygen atoms in total. The molecule has 6 heteroatoms. The number of piperidine rings is 1. The fourth-order valence-corrected chi connectivity index (χ4v) is 1.89. The quantitative estimate of drug-likeness (QED) is 0.814. The van der Waals surface area contributed by atoms with E-state index in [1.165, 1.54) is 12.8 Å². The topological polar surface area (TPSA) is 57.8 Å². The van der Waals surface area contributed by atoms with Gasteiger partial charge in [0.25, 0.3) is 5.56 Å². The highest BCUT2D eigenvalue weighted by atomic mass is 35.5. The molecule has 2 heterocycles. The van der Waals surface area contributed by atoms with Crippen molar-refractivity contribution in [2.45, 2.75) is 32.2 Å². The Kier molecular flexibility index (Phi) is 6.64. The summed E-state index contributed by atoms with van der Waals surface area (Å²) in [5.74, 6) is 0.694. The summed E-state index contributed by atoms with van der Waals surface area (Å²) in [7, 11) is 0. The van der Waals surface area contributed by atoms with Crippen LogP contribution in [0.3, 0.4) is 0 Å². The molecule has 1 unspecified atom stereocenters. The minimum Gasteiger partial charge on any atom is -0.311 e. The van der Waals surface area contributed by atoms with E-state index >= 15 is 0 Å². The second-order valence-electron chi connectivity index (χ2n) is 3.76. The Balaban J connectivity index is 0.00000112. The number of aromatic amines is 1. The molecule has 92 valence electrons. The Labute approximate surface area is 107 Å². The van der Waals surface area contributed by atoms with E-state index in [9.17, 15) is 4.79 Å². The second kappa shape index (κ2) is 6.89. The van der Waals surface area contributed by atoms with Gasteiger partial charge >= 0.3 is 0 Å². The smallest absolute Gasteiger partial charge is 0.251 e. The van der Waals surface area contributed by atoms with Gasteiger partial charge in [0, 0.05) is 12.1 Å². The number of rotatable bonds is 1. The molecule has 1 saturated heterocycles. The van der Waals surface area contributed by atoms with Gasteiger partial charge in [0.05, 0.1) is 5.69 Å². The first kappa shape index (κ1) is 15.4. The van der Waals surface area contributed by atoms with Gasteiger partial charge in [-0.3, -0.25) is 4.79 Å². The van der Waals surface area contributed by atoms with Crippen molar-refractivity contribution < 1.29 is 0 Å². The fraction of sp³-hybridized carbons (Fsp3) is 0.600. The monoisotopic (exact) mass is 265 g/mol. The van der Waals surface area contributed by atoms with Crippen LogP contribution < -0.4 is 10.9 Å². The third kappa shape index (κ3) is 3.77. The molecule has 1 aliphatic rings. The van der Waals surface area contributed by atoms with Crippen LogP contribution in [0.25, 0.3) is 0 Å². The second-order valence-corrected chi connectivity index (χ2v) is 3.76. The van der Waals surface area contributed by atoms with Crippen molar-refractivity contribution in [3.05, 3.63) is 27.9 Å². The number of nitrogens with zero attached hydrogens (tertiary/aromatic N) is 1. The SMILES string of the molecule is Cc1nc(C2CCCCN2)cc(=O)[nH]1.Cl.Cl. The van der Waals surface area contributed by atoms with Crippen LogP contribution in [0.1, 0.15) is 36.8 Å². The molecule has 2 rings (SSSR count). The van der Waals surface area contributed by atoms with E-state index in [2.05, 4.69) is 15.3 Å². The molecule has 0 spiro atoms. The van der Waals surface area contributed by atoms with E-state index in [1.54, 1.807) is 6.07 Å². The van der Waals surface area contributed by atoms with E-state index < -0.39 is 0 Å². The van der Waals surface area contributed by atoms with E-state index in [-0.39, 0.29) is 36.4 Å². The summed E-state index contributed by atoms with van der Waals surface area (Å²) in [5.41, 5.74) is 0.825. The van der Waals surface area contributed by atoms with Crippen molar-refractivity contribution in [2.75, 3.05) is 6.54 Å². The summed E-state index contributed by atoms with van der Waals surface area (Å²) >= 11 is 0. The highest BCUT2D eigenvalue weighted by Crippen LogP contribution is 2.19. The Morgan fingerprint density at radius 1 is 1.38 bits per heavy atom. The average molecular weight is 266 g/mol. The van der Waals surface area contributed by atoms with Gasteiger partial charge in [-0.15, -0.1) is 24.8 Å². The lowest BCUT2D eigenvalue weighted by atomic mass is 10.0.